The molecule has 1 aliphatic carbocycles. The minimum Gasteiger partial charge on any atom is -0.366 e. The summed E-state index contributed by atoms with van der Waals surface area (Å²) in [5, 5.41) is 2.88. The molecule has 4 rings (SSSR count). The van der Waals surface area contributed by atoms with Gasteiger partial charge in [-0.3, -0.25) is 14.6 Å². The number of anilines is 1. The summed E-state index contributed by atoms with van der Waals surface area (Å²) in [5.41, 5.74) is 0.532. The zero-order valence-corrected chi connectivity index (χ0v) is 15.6. The van der Waals surface area contributed by atoms with E-state index in [-0.39, 0.29) is 17.6 Å². The first-order valence-corrected chi connectivity index (χ1v) is 9.56. The summed E-state index contributed by atoms with van der Waals surface area (Å²) >= 11 is 0. The first kappa shape index (κ1) is 18.4. The molecule has 0 unspecified atom stereocenters. The molecule has 1 aliphatic heterocycles. The molecular weight excluding hydrogens is 359 g/mol. The van der Waals surface area contributed by atoms with Gasteiger partial charge < -0.3 is 15.1 Å². The van der Waals surface area contributed by atoms with Crippen molar-refractivity contribution in [1.82, 2.24) is 15.2 Å². The summed E-state index contributed by atoms with van der Waals surface area (Å²) in [6.45, 7) is 2.46. The van der Waals surface area contributed by atoms with Gasteiger partial charge in [0.2, 0.25) is 11.8 Å². The fourth-order valence-electron chi connectivity index (χ4n) is 3.68. The lowest BCUT2D eigenvalue weighted by molar-refractivity contribution is -0.144. The number of hydrogen-bond acceptors (Lipinski definition) is 4. The fourth-order valence-corrected chi connectivity index (χ4v) is 3.68. The highest BCUT2D eigenvalue weighted by atomic mass is 19.1. The van der Waals surface area contributed by atoms with Gasteiger partial charge in [-0.15, -0.1) is 0 Å². The van der Waals surface area contributed by atoms with Crippen molar-refractivity contribution in [2.24, 2.45) is 5.41 Å². The van der Waals surface area contributed by atoms with E-state index in [2.05, 4.69) is 10.3 Å². The molecule has 6 nitrogen and oxygen atoms in total. The molecule has 0 atom stereocenters. The van der Waals surface area contributed by atoms with Crippen molar-refractivity contribution in [2.45, 2.75) is 19.4 Å². The van der Waals surface area contributed by atoms with Gasteiger partial charge in [-0.25, -0.2) is 4.39 Å². The van der Waals surface area contributed by atoms with E-state index < -0.39 is 5.41 Å². The van der Waals surface area contributed by atoms with Gasteiger partial charge in [0.25, 0.3) is 0 Å². The number of aromatic nitrogens is 1. The van der Waals surface area contributed by atoms with Crippen LogP contribution in [-0.2, 0) is 16.1 Å². The average molecular weight is 382 g/mol. The van der Waals surface area contributed by atoms with E-state index >= 15 is 0 Å². The molecule has 28 heavy (non-hydrogen) atoms. The van der Waals surface area contributed by atoms with E-state index in [1.807, 2.05) is 23.1 Å². The summed E-state index contributed by atoms with van der Waals surface area (Å²) in [6, 6.07) is 10.4. The number of nitrogens with zero attached hydrogens (tertiary/aromatic N) is 3. The standard InChI is InChI=1S/C21H23FN4O2/c22-17-5-1-2-6-18(17)25-10-12-26(13-11-25)20(28)21(7-8-21)19(27)24-15-16-4-3-9-23-14-16/h1-6,9,14H,7-8,10-13,15H2,(H,24,27). The van der Waals surface area contributed by atoms with E-state index in [1.165, 1.54) is 6.07 Å². The third-order valence-electron chi connectivity index (χ3n) is 5.53. The minimum absolute atomic E-state index is 0.107. The molecule has 1 aromatic carbocycles. The molecular formula is C21H23FN4O2. The van der Waals surface area contributed by atoms with Gasteiger partial charge in [0.05, 0.1) is 5.69 Å². The third-order valence-corrected chi connectivity index (χ3v) is 5.53. The maximum Gasteiger partial charge on any atom is 0.238 e. The van der Waals surface area contributed by atoms with Crippen molar-refractivity contribution >= 4 is 17.5 Å². The number of carbonyl (C=O) groups excluding carboxylic acids is 2. The van der Waals surface area contributed by atoms with Crippen LogP contribution in [0.4, 0.5) is 10.1 Å². The molecule has 0 bridgehead atoms. The monoisotopic (exact) mass is 382 g/mol. The number of amides is 2. The normalized spacial score (nSPS) is 17.9. The van der Waals surface area contributed by atoms with Gasteiger partial charge in [-0.2, -0.15) is 0 Å². The summed E-state index contributed by atoms with van der Waals surface area (Å²) in [6.07, 6.45) is 4.54. The average Bonchev–Trinajstić information content (AvgIpc) is 3.55. The predicted molar refractivity (Wildman–Crippen MR) is 103 cm³/mol. The number of nitrogens with one attached hydrogen (secondary N) is 1. The zero-order chi connectivity index (χ0) is 19.6. The van der Waals surface area contributed by atoms with Gasteiger partial charge in [0.15, 0.2) is 0 Å². The summed E-state index contributed by atoms with van der Waals surface area (Å²) in [5.74, 6) is -0.571. The van der Waals surface area contributed by atoms with Crippen LogP contribution in [0.2, 0.25) is 0 Å². The number of benzene rings is 1. The number of piperazine rings is 1. The molecule has 2 aliphatic rings. The summed E-state index contributed by atoms with van der Waals surface area (Å²) in [7, 11) is 0. The number of carbonyl (C=O) groups is 2. The minimum atomic E-state index is -0.928. The molecule has 7 heteroatoms. The first-order chi connectivity index (χ1) is 13.6. The maximum absolute atomic E-state index is 14.0. The summed E-state index contributed by atoms with van der Waals surface area (Å²) in [4.78, 5) is 33.4. The van der Waals surface area contributed by atoms with Gasteiger partial charge in [-0.05, 0) is 36.6 Å². The van der Waals surface area contributed by atoms with E-state index in [0.29, 0.717) is 51.3 Å². The lowest BCUT2D eigenvalue weighted by Crippen LogP contribution is -2.53. The number of para-hydroxylation sites is 1. The Labute approximate surface area is 163 Å². The van der Waals surface area contributed by atoms with Crippen molar-refractivity contribution in [3.63, 3.8) is 0 Å². The lowest BCUT2D eigenvalue weighted by atomic mass is 10.0. The molecule has 2 amide bonds. The van der Waals surface area contributed by atoms with Crippen LogP contribution in [0.5, 0.6) is 0 Å². The molecule has 0 spiro atoms. The molecule has 1 N–H and O–H groups in total. The predicted octanol–water partition coefficient (Wildman–Crippen LogP) is 1.97. The van der Waals surface area contributed by atoms with Gasteiger partial charge >= 0.3 is 0 Å². The van der Waals surface area contributed by atoms with Crippen LogP contribution in [0.1, 0.15) is 18.4 Å². The Kier molecular flexibility index (Phi) is 4.98. The fraction of sp³-hybridized carbons (Fsp3) is 0.381. The van der Waals surface area contributed by atoms with E-state index in [0.717, 1.165) is 5.56 Å². The smallest absolute Gasteiger partial charge is 0.238 e. The second-order valence-corrected chi connectivity index (χ2v) is 7.36. The number of halogens is 1. The van der Waals surface area contributed by atoms with Crippen LogP contribution >= 0.6 is 0 Å². The Hall–Kier alpha value is -2.96. The highest BCUT2D eigenvalue weighted by molar-refractivity contribution is 6.07. The van der Waals surface area contributed by atoms with Gasteiger partial charge in [-0.1, -0.05) is 18.2 Å². The SMILES string of the molecule is O=C(NCc1cccnc1)C1(C(=O)N2CCN(c3ccccc3F)CC2)CC1. The molecule has 1 saturated heterocycles. The maximum atomic E-state index is 14.0. The van der Waals surface area contributed by atoms with Crippen molar-refractivity contribution in [2.75, 3.05) is 31.1 Å². The highest BCUT2D eigenvalue weighted by Crippen LogP contribution is 2.47. The van der Waals surface area contributed by atoms with E-state index in [1.54, 1.807) is 29.4 Å². The molecule has 2 heterocycles. The Bertz CT molecular complexity index is 862. The lowest BCUT2D eigenvalue weighted by Gasteiger charge is -2.37. The number of rotatable bonds is 5. The summed E-state index contributed by atoms with van der Waals surface area (Å²) < 4.78 is 14.0. The van der Waals surface area contributed by atoms with Crippen LogP contribution in [-0.4, -0.2) is 47.9 Å². The van der Waals surface area contributed by atoms with Crippen LogP contribution < -0.4 is 10.2 Å². The second kappa shape index (κ2) is 7.58. The molecule has 2 aromatic rings. The van der Waals surface area contributed by atoms with Crippen molar-refractivity contribution in [1.29, 1.82) is 0 Å². The Balaban J connectivity index is 1.34. The van der Waals surface area contributed by atoms with Crippen LogP contribution in [0.3, 0.4) is 0 Å². The topological polar surface area (TPSA) is 65.5 Å². The quantitative estimate of drug-likeness (QED) is 0.803. The van der Waals surface area contributed by atoms with E-state index in [4.69, 9.17) is 0 Å². The van der Waals surface area contributed by atoms with Gasteiger partial charge in [0.1, 0.15) is 11.2 Å². The second-order valence-electron chi connectivity index (χ2n) is 7.36. The molecule has 1 aromatic heterocycles. The van der Waals surface area contributed by atoms with Crippen LogP contribution in [0, 0.1) is 11.2 Å². The van der Waals surface area contributed by atoms with E-state index in [9.17, 15) is 14.0 Å². The van der Waals surface area contributed by atoms with Gasteiger partial charge in [0, 0.05) is 45.1 Å². The van der Waals surface area contributed by atoms with Crippen LogP contribution in [0.15, 0.2) is 48.8 Å². The van der Waals surface area contributed by atoms with Crippen molar-refractivity contribution < 1.29 is 14.0 Å². The van der Waals surface area contributed by atoms with Crippen molar-refractivity contribution in [3.05, 3.63) is 60.2 Å². The van der Waals surface area contributed by atoms with Crippen LogP contribution in [0.25, 0.3) is 0 Å². The largest absolute Gasteiger partial charge is 0.366 e. The third kappa shape index (κ3) is 3.56. The molecule has 0 radical (unpaired) electrons. The highest BCUT2D eigenvalue weighted by Gasteiger charge is 2.58. The molecule has 146 valence electrons. The Morgan fingerprint density at radius 3 is 2.46 bits per heavy atom. The Morgan fingerprint density at radius 2 is 1.82 bits per heavy atom. The number of pyridine rings is 1. The first-order valence-electron chi connectivity index (χ1n) is 9.56. The molecule has 2 fully saturated rings. The number of hydrogen-bond donors (Lipinski definition) is 1. The molecule has 1 saturated carbocycles. The Morgan fingerprint density at radius 1 is 1.07 bits per heavy atom. The van der Waals surface area contributed by atoms with Crippen molar-refractivity contribution in [3.8, 4) is 0 Å². The zero-order valence-electron chi connectivity index (χ0n) is 15.6.